The molecule has 0 N–H and O–H groups in total. The second kappa shape index (κ2) is 6.81. The number of carbonyl (C=O) groups excluding carboxylic acids is 1. The van der Waals surface area contributed by atoms with E-state index in [-0.39, 0.29) is 11.9 Å². The molecule has 0 bridgehead atoms. The van der Waals surface area contributed by atoms with Gasteiger partial charge in [-0.1, -0.05) is 25.1 Å². The quantitative estimate of drug-likeness (QED) is 0.851. The minimum absolute atomic E-state index is 0.113. The third-order valence-corrected chi connectivity index (χ3v) is 4.29. The molecule has 0 unspecified atom stereocenters. The van der Waals surface area contributed by atoms with Gasteiger partial charge in [0.1, 0.15) is 5.75 Å². The first kappa shape index (κ1) is 17.0. The summed E-state index contributed by atoms with van der Waals surface area (Å²) in [5, 5.41) is 8.22. The van der Waals surface area contributed by atoms with Gasteiger partial charge in [-0.15, -0.1) is 5.10 Å². The molecular weight excluding hydrogens is 292 g/mol. The van der Waals surface area contributed by atoms with E-state index in [9.17, 15) is 4.79 Å². The number of ether oxygens (including phenoxy) is 1. The van der Waals surface area contributed by atoms with E-state index >= 15 is 0 Å². The molecular formula is C17H24N4O2. The van der Waals surface area contributed by atoms with Crippen LogP contribution in [-0.2, 0) is 0 Å². The van der Waals surface area contributed by atoms with Gasteiger partial charge in [0, 0.05) is 19.2 Å². The van der Waals surface area contributed by atoms with Gasteiger partial charge in [-0.3, -0.25) is 4.79 Å². The van der Waals surface area contributed by atoms with Crippen molar-refractivity contribution in [3.63, 3.8) is 0 Å². The van der Waals surface area contributed by atoms with E-state index in [0.717, 1.165) is 11.4 Å². The first-order chi connectivity index (χ1) is 10.9. The molecule has 0 saturated heterocycles. The molecule has 2 rings (SSSR count). The van der Waals surface area contributed by atoms with E-state index in [4.69, 9.17) is 4.74 Å². The Morgan fingerprint density at radius 2 is 2.00 bits per heavy atom. The number of carbonyl (C=O) groups is 1. The second-order valence-electron chi connectivity index (χ2n) is 6.04. The maximum Gasteiger partial charge on any atom is 0.276 e. The molecule has 23 heavy (non-hydrogen) atoms. The van der Waals surface area contributed by atoms with Crippen LogP contribution in [0, 0.1) is 12.8 Å². The van der Waals surface area contributed by atoms with Crippen molar-refractivity contribution in [2.45, 2.75) is 33.7 Å². The van der Waals surface area contributed by atoms with Crippen molar-refractivity contribution in [2.75, 3.05) is 14.2 Å². The van der Waals surface area contributed by atoms with Crippen LogP contribution in [0.3, 0.4) is 0 Å². The van der Waals surface area contributed by atoms with E-state index < -0.39 is 0 Å². The number of methoxy groups -OCH3 is 1. The van der Waals surface area contributed by atoms with Gasteiger partial charge in [-0.05, 0) is 31.9 Å². The fraction of sp³-hybridized carbons (Fsp3) is 0.471. The average Bonchev–Trinajstić information content (AvgIpc) is 2.94. The number of benzene rings is 1. The molecule has 0 spiro atoms. The lowest BCUT2D eigenvalue weighted by Crippen LogP contribution is -2.38. The molecule has 0 aliphatic rings. The first-order valence-corrected chi connectivity index (χ1v) is 7.70. The monoisotopic (exact) mass is 316 g/mol. The lowest BCUT2D eigenvalue weighted by molar-refractivity contribution is 0.0700. The normalized spacial score (nSPS) is 12.3. The Kier molecular flexibility index (Phi) is 5.03. The maximum atomic E-state index is 12.7. The van der Waals surface area contributed by atoms with Crippen LogP contribution in [0.1, 0.15) is 37.0 Å². The standard InChI is InChI=1S/C17H24N4O2/c1-11(2)12(3)20(5)17(22)16-13(4)21(19-18-16)14-8-7-9-15(10-14)23-6/h7-12H,1-6H3/t12-/m0/s1. The number of hydrogen-bond acceptors (Lipinski definition) is 4. The summed E-state index contributed by atoms with van der Waals surface area (Å²) in [6.45, 7) is 8.06. The highest BCUT2D eigenvalue weighted by molar-refractivity contribution is 5.93. The Morgan fingerprint density at radius 3 is 2.61 bits per heavy atom. The molecule has 6 nitrogen and oxygen atoms in total. The van der Waals surface area contributed by atoms with Crippen molar-refractivity contribution in [2.24, 2.45) is 5.92 Å². The van der Waals surface area contributed by atoms with E-state index in [1.165, 1.54) is 0 Å². The molecule has 0 aliphatic heterocycles. The maximum absolute atomic E-state index is 12.7. The summed E-state index contributed by atoms with van der Waals surface area (Å²) in [6, 6.07) is 7.63. The molecule has 0 saturated carbocycles. The van der Waals surface area contributed by atoms with E-state index in [0.29, 0.717) is 17.3 Å². The SMILES string of the molecule is COc1cccc(-n2nnc(C(=O)N(C)[C@@H](C)C(C)C)c2C)c1. The van der Waals surface area contributed by atoms with Crippen molar-refractivity contribution in [1.29, 1.82) is 0 Å². The molecule has 0 aliphatic carbocycles. The van der Waals surface area contributed by atoms with Crippen LogP contribution in [-0.4, -0.2) is 46.0 Å². The fourth-order valence-electron chi connectivity index (χ4n) is 2.31. The molecule has 0 fully saturated rings. The van der Waals surface area contributed by atoms with Crippen molar-refractivity contribution in [3.8, 4) is 11.4 Å². The highest BCUT2D eigenvalue weighted by atomic mass is 16.5. The molecule has 1 aromatic heterocycles. The molecule has 0 radical (unpaired) electrons. The number of aromatic nitrogens is 3. The van der Waals surface area contributed by atoms with Crippen LogP contribution in [0.4, 0.5) is 0 Å². The van der Waals surface area contributed by atoms with Crippen molar-refractivity contribution < 1.29 is 9.53 Å². The van der Waals surface area contributed by atoms with Gasteiger partial charge in [-0.25, -0.2) is 4.68 Å². The van der Waals surface area contributed by atoms with Crippen molar-refractivity contribution in [3.05, 3.63) is 35.7 Å². The van der Waals surface area contributed by atoms with Gasteiger partial charge in [0.15, 0.2) is 5.69 Å². The van der Waals surface area contributed by atoms with Crippen molar-refractivity contribution >= 4 is 5.91 Å². The summed E-state index contributed by atoms with van der Waals surface area (Å²) in [7, 11) is 3.42. The van der Waals surface area contributed by atoms with Crippen LogP contribution in [0.25, 0.3) is 5.69 Å². The van der Waals surface area contributed by atoms with Gasteiger partial charge in [0.2, 0.25) is 0 Å². The number of nitrogens with zero attached hydrogens (tertiary/aromatic N) is 4. The Balaban J connectivity index is 2.33. The molecule has 6 heteroatoms. The summed E-state index contributed by atoms with van der Waals surface area (Å²) in [4.78, 5) is 14.4. The first-order valence-electron chi connectivity index (χ1n) is 7.70. The van der Waals surface area contributed by atoms with Crippen molar-refractivity contribution in [1.82, 2.24) is 19.9 Å². The second-order valence-corrected chi connectivity index (χ2v) is 6.04. The lowest BCUT2D eigenvalue weighted by Gasteiger charge is -2.27. The van der Waals surface area contributed by atoms with Gasteiger partial charge in [-0.2, -0.15) is 0 Å². The Hall–Kier alpha value is -2.37. The third-order valence-electron chi connectivity index (χ3n) is 4.29. The predicted octanol–water partition coefficient (Wildman–Crippen LogP) is 2.70. The average molecular weight is 316 g/mol. The van der Waals surface area contributed by atoms with Gasteiger partial charge in [0.25, 0.3) is 5.91 Å². The topological polar surface area (TPSA) is 60.2 Å². The predicted molar refractivity (Wildman–Crippen MR) is 89.0 cm³/mol. The molecule has 1 atom stereocenters. The molecule has 1 heterocycles. The summed E-state index contributed by atoms with van der Waals surface area (Å²) >= 11 is 0. The molecule has 1 amide bonds. The molecule has 1 aromatic carbocycles. The third kappa shape index (κ3) is 3.36. The number of amides is 1. The summed E-state index contributed by atoms with van der Waals surface area (Å²) in [5.41, 5.74) is 1.90. The van der Waals surface area contributed by atoms with Gasteiger partial charge < -0.3 is 9.64 Å². The highest BCUT2D eigenvalue weighted by Gasteiger charge is 2.25. The highest BCUT2D eigenvalue weighted by Crippen LogP contribution is 2.19. The minimum Gasteiger partial charge on any atom is -0.497 e. The minimum atomic E-state index is -0.113. The van der Waals surface area contributed by atoms with Gasteiger partial charge in [0.05, 0.1) is 18.5 Å². The van der Waals surface area contributed by atoms with E-state index in [2.05, 4.69) is 24.2 Å². The van der Waals surface area contributed by atoms with Crippen LogP contribution in [0.2, 0.25) is 0 Å². The summed E-state index contributed by atoms with van der Waals surface area (Å²) in [5.74, 6) is 0.992. The number of rotatable bonds is 5. The van der Waals surface area contributed by atoms with E-state index in [1.54, 1.807) is 23.7 Å². The fourth-order valence-corrected chi connectivity index (χ4v) is 2.31. The largest absolute Gasteiger partial charge is 0.497 e. The Morgan fingerprint density at radius 1 is 1.30 bits per heavy atom. The zero-order valence-electron chi connectivity index (χ0n) is 14.6. The Labute approximate surface area is 137 Å². The van der Waals surface area contributed by atoms with Gasteiger partial charge >= 0.3 is 0 Å². The number of hydrogen-bond donors (Lipinski definition) is 0. The van der Waals surface area contributed by atoms with Crippen LogP contribution in [0.5, 0.6) is 5.75 Å². The van der Waals surface area contributed by atoms with E-state index in [1.807, 2.05) is 38.1 Å². The molecule has 124 valence electrons. The van der Waals surface area contributed by atoms with Crippen LogP contribution >= 0.6 is 0 Å². The molecule has 2 aromatic rings. The van der Waals surface area contributed by atoms with Crippen LogP contribution in [0.15, 0.2) is 24.3 Å². The lowest BCUT2D eigenvalue weighted by atomic mass is 10.0. The zero-order chi connectivity index (χ0) is 17.1. The van der Waals surface area contributed by atoms with Crippen LogP contribution < -0.4 is 4.74 Å². The summed E-state index contributed by atoms with van der Waals surface area (Å²) < 4.78 is 6.89. The Bertz CT molecular complexity index is 694. The summed E-state index contributed by atoms with van der Waals surface area (Å²) in [6.07, 6.45) is 0. The zero-order valence-corrected chi connectivity index (χ0v) is 14.6. The smallest absolute Gasteiger partial charge is 0.276 e.